The molecule has 4 aromatic heterocycles. The summed E-state index contributed by atoms with van der Waals surface area (Å²) in [6, 6.07) is 9.99. The Morgan fingerprint density at radius 3 is 2.70 bits per heavy atom. The zero-order valence-corrected chi connectivity index (χ0v) is 20.3. The van der Waals surface area contributed by atoms with Gasteiger partial charge in [-0.05, 0) is 50.8 Å². The van der Waals surface area contributed by atoms with Gasteiger partial charge in [0.05, 0.1) is 17.0 Å². The van der Waals surface area contributed by atoms with E-state index in [9.17, 15) is 5.26 Å². The standard InChI is InChI=1S/C24H25N7S.ClH/c1-14-12-31-13-16(8-15(11-25)22(31)26-14)20-6-7-21-23(28-20)32-24(29-21)30(2)19-9-17-4-3-5-18(10-19)27-17;/h6-8,12-13,17-19,27H,3-5,9-10H2,1-2H3;1H. The van der Waals surface area contributed by atoms with E-state index >= 15 is 0 Å². The Morgan fingerprint density at radius 1 is 1.15 bits per heavy atom. The fourth-order valence-electron chi connectivity index (χ4n) is 5.27. The van der Waals surface area contributed by atoms with Gasteiger partial charge in [-0.15, -0.1) is 12.4 Å². The Balaban J connectivity index is 0.00000228. The Bertz CT molecular complexity index is 1360. The van der Waals surface area contributed by atoms with Gasteiger partial charge in [-0.2, -0.15) is 5.26 Å². The minimum Gasteiger partial charge on any atom is -0.348 e. The molecular weight excluding hydrogens is 454 g/mol. The summed E-state index contributed by atoms with van der Waals surface area (Å²) in [7, 11) is 2.18. The molecule has 2 aliphatic heterocycles. The molecule has 0 radical (unpaired) electrons. The van der Waals surface area contributed by atoms with E-state index in [1.165, 1.54) is 32.1 Å². The fourth-order valence-corrected chi connectivity index (χ4v) is 6.24. The summed E-state index contributed by atoms with van der Waals surface area (Å²) >= 11 is 1.65. The van der Waals surface area contributed by atoms with Crippen LogP contribution in [0.25, 0.3) is 27.3 Å². The molecule has 4 aromatic rings. The number of fused-ring (bicyclic) bond motifs is 4. The number of aromatic nitrogens is 4. The lowest BCUT2D eigenvalue weighted by Crippen LogP contribution is -2.54. The van der Waals surface area contributed by atoms with Crippen molar-refractivity contribution < 1.29 is 0 Å². The molecule has 0 amide bonds. The second-order valence-electron chi connectivity index (χ2n) is 9.11. The zero-order valence-electron chi connectivity index (χ0n) is 18.7. The molecule has 1 N–H and O–H groups in total. The lowest BCUT2D eigenvalue weighted by atomic mass is 9.83. The average molecular weight is 480 g/mol. The van der Waals surface area contributed by atoms with E-state index in [-0.39, 0.29) is 12.4 Å². The first-order valence-electron chi connectivity index (χ1n) is 11.2. The minimum atomic E-state index is 0. The molecule has 2 aliphatic rings. The van der Waals surface area contributed by atoms with E-state index in [2.05, 4.69) is 28.3 Å². The van der Waals surface area contributed by atoms with E-state index in [4.69, 9.17) is 9.97 Å². The number of aryl methyl sites for hydroxylation is 1. The van der Waals surface area contributed by atoms with Crippen molar-refractivity contribution in [1.29, 1.82) is 5.26 Å². The summed E-state index contributed by atoms with van der Waals surface area (Å²) in [6.45, 7) is 1.93. The van der Waals surface area contributed by atoms with E-state index in [1.54, 1.807) is 11.3 Å². The van der Waals surface area contributed by atoms with Crippen LogP contribution < -0.4 is 10.2 Å². The molecule has 2 fully saturated rings. The largest absolute Gasteiger partial charge is 0.348 e. The Morgan fingerprint density at radius 2 is 1.94 bits per heavy atom. The quantitative estimate of drug-likeness (QED) is 0.458. The number of halogens is 1. The number of anilines is 1. The molecule has 0 spiro atoms. The van der Waals surface area contributed by atoms with Gasteiger partial charge >= 0.3 is 0 Å². The number of imidazole rings is 1. The van der Waals surface area contributed by atoms with Crippen molar-refractivity contribution in [2.45, 2.75) is 57.2 Å². The van der Waals surface area contributed by atoms with Crippen LogP contribution >= 0.6 is 23.7 Å². The lowest BCUT2D eigenvalue weighted by molar-refractivity contribution is 0.219. The monoisotopic (exact) mass is 479 g/mol. The highest BCUT2D eigenvalue weighted by molar-refractivity contribution is 7.21. The summed E-state index contributed by atoms with van der Waals surface area (Å²) < 4.78 is 1.91. The predicted molar refractivity (Wildman–Crippen MR) is 134 cm³/mol. The van der Waals surface area contributed by atoms with Crippen LogP contribution in [0.2, 0.25) is 0 Å². The first-order chi connectivity index (χ1) is 15.6. The molecular formula is C24H26ClN7S. The summed E-state index contributed by atoms with van der Waals surface area (Å²) in [5.74, 6) is 0. The number of piperidine rings is 2. The highest BCUT2D eigenvalue weighted by atomic mass is 35.5. The van der Waals surface area contributed by atoms with Crippen molar-refractivity contribution in [2.24, 2.45) is 0 Å². The van der Waals surface area contributed by atoms with Crippen LogP contribution in [0.1, 0.15) is 43.4 Å². The van der Waals surface area contributed by atoms with E-state index in [1.807, 2.05) is 41.9 Å². The van der Waals surface area contributed by atoms with Crippen molar-refractivity contribution >= 4 is 44.9 Å². The summed E-state index contributed by atoms with van der Waals surface area (Å²) in [4.78, 5) is 17.6. The van der Waals surface area contributed by atoms with Gasteiger partial charge in [0.1, 0.15) is 16.4 Å². The second kappa shape index (κ2) is 8.56. The molecule has 2 unspecified atom stereocenters. The van der Waals surface area contributed by atoms with Gasteiger partial charge in [-0.1, -0.05) is 17.8 Å². The Hall–Kier alpha value is -2.73. The number of hydrogen-bond donors (Lipinski definition) is 1. The van der Waals surface area contributed by atoms with Gasteiger partial charge in [-0.3, -0.25) is 0 Å². The molecule has 7 nitrogen and oxygen atoms in total. The van der Waals surface area contributed by atoms with E-state index < -0.39 is 0 Å². The van der Waals surface area contributed by atoms with Crippen molar-refractivity contribution in [1.82, 2.24) is 24.7 Å². The number of pyridine rings is 2. The third kappa shape index (κ3) is 3.95. The molecule has 2 saturated heterocycles. The SMILES string of the molecule is Cc1cn2cc(-c3ccc4nc(N(C)C5CC6CCCC(C5)N6)sc4n3)cc(C#N)c2n1.Cl. The molecule has 2 atom stereocenters. The van der Waals surface area contributed by atoms with Gasteiger partial charge in [0, 0.05) is 43.1 Å². The van der Waals surface area contributed by atoms with Crippen LogP contribution in [0, 0.1) is 18.3 Å². The van der Waals surface area contributed by atoms with E-state index in [0.717, 1.165) is 32.4 Å². The molecule has 6 heterocycles. The molecule has 2 bridgehead atoms. The van der Waals surface area contributed by atoms with Crippen LogP contribution in [-0.4, -0.2) is 44.5 Å². The zero-order chi connectivity index (χ0) is 21.8. The van der Waals surface area contributed by atoms with Crippen LogP contribution in [0.4, 0.5) is 5.13 Å². The van der Waals surface area contributed by atoms with E-state index in [0.29, 0.717) is 29.3 Å². The van der Waals surface area contributed by atoms with Crippen LogP contribution in [-0.2, 0) is 0 Å². The Kier molecular flexibility index (Phi) is 5.73. The smallest absolute Gasteiger partial charge is 0.187 e. The van der Waals surface area contributed by atoms with Gasteiger partial charge in [-0.25, -0.2) is 15.0 Å². The fraction of sp³-hybridized carbons (Fsp3) is 0.417. The molecule has 6 rings (SSSR count). The third-order valence-corrected chi connectivity index (χ3v) is 7.93. The number of nitrogens with zero attached hydrogens (tertiary/aromatic N) is 6. The molecule has 0 saturated carbocycles. The van der Waals surface area contributed by atoms with Gasteiger partial charge < -0.3 is 14.6 Å². The number of nitrogens with one attached hydrogen (secondary N) is 1. The molecule has 170 valence electrons. The summed E-state index contributed by atoms with van der Waals surface area (Å²) in [5.41, 5.74) is 4.80. The first kappa shape index (κ1) is 22.1. The maximum Gasteiger partial charge on any atom is 0.187 e. The number of nitriles is 1. The second-order valence-corrected chi connectivity index (χ2v) is 10.1. The normalized spacial score (nSPS) is 22.2. The minimum absolute atomic E-state index is 0. The van der Waals surface area contributed by atoms with Gasteiger partial charge in [0.2, 0.25) is 0 Å². The molecule has 9 heteroatoms. The summed E-state index contributed by atoms with van der Waals surface area (Å²) in [5, 5.41) is 14.4. The van der Waals surface area contributed by atoms with Crippen molar-refractivity contribution in [3.05, 3.63) is 41.9 Å². The van der Waals surface area contributed by atoms with Crippen LogP contribution in [0.3, 0.4) is 0 Å². The first-order valence-corrected chi connectivity index (χ1v) is 12.1. The molecule has 0 aliphatic carbocycles. The number of hydrogen-bond acceptors (Lipinski definition) is 7. The lowest BCUT2D eigenvalue weighted by Gasteiger charge is -2.43. The maximum atomic E-state index is 9.59. The van der Waals surface area contributed by atoms with Crippen molar-refractivity contribution in [3.63, 3.8) is 0 Å². The average Bonchev–Trinajstić information content (AvgIpc) is 3.39. The third-order valence-electron chi connectivity index (χ3n) is 6.87. The van der Waals surface area contributed by atoms with Crippen LogP contribution in [0.5, 0.6) is 0 Å². The van der Waals surface area contributed by atoms with Gasteiger partial charge in [0.25, 0.3) is 0 Å². The highest BCUT2D eigenvalue weighted by Gasteiger charge is 2.33. The molecule has 33 heavy (non-hydrogen) atoms. The Labute approximate surface area is 202 Å². The number of thiazole rings is 1. The topological polar surface area (TPSA) is 82.1 Å². The van der Waals surface area contributed by atoms with Crippen molar-refractivity contribution in [2.75, 3.05) is 11.9 Å². The van der Waals surface area contributed by atoms with Gasteiger partial charge in [0.15, 0.2) is 10.8 Å². The highest BCUT2D eigenvalue weighted by Crippen LogP contribution is 2.34. The predicted octanol–water partition coefficient (Wildman–Crippen LogP) is 4.72. The van der Waals surface area contributed by atoms with Crippen LogP contribution in [0.15, 0.2) is 30.6 Å². The van der Waals surface area contributed by atoms with Crippen molar-refractivity contribution in [3.8, 4) is 17.3 Å². The molecule has 0 aromatic carbocycles. The summed E-state index contributed by atoms with van der Waals surface area (Å²) in [6.07, 6.45) is 10.2. The maximum absolute atomic E-state index is 9.59. The number of rotatable bonds is 3.